The second-order valence-corrected chi connectivity index (χ2v) is 13.0. The third-order valence-corrected chi connectivity index (χ3v) is 9.06. The first-order valence-corrected chi connectivity index (χ1v) is 16.0. The molecule has 2 aromatic heterocycles. The van der Waals surface area contributed by atoms with E-state index in [1.54, 1.807) is 4.57 Å². The third-order valence-electron chi connectivity index (χ3n) is 3.79. The zero-order valence-corrected chi connectivity index (χ0v) is 21.8. The van der Waals surface area contributed by atoms with Gasteiger partial charge in [0.1, 0.15) is 30.0 Å². The van der Waals surface area contributed by atoms with Gasteiger partial charge in [-0.1, -0.05) is 21.6 Å². The molecule has 0 bridgehead atoms. The van der Waals surface area contributed by atoms with Crippen LogP contribution in [0.25, 0.3) is 11.2 Å². The fourth-order valence-electron chi connectivity index (χ4n) is 2.47. The van der Waals surface area contributed by atoms with E-state index in [2.05, 4.69) is 28.1 Å². The van der Waals surface area contributed by atoms with Crippen molar-refractivity contribution in [2.45, 2.75) is 18.8 Å². The first-order chi connectivity index (χ1) is 15.8. The van der Waals surface area contributed by atoms with Gasteiger partial charge in [-0.25, -0.2) is 28.6 Å². The van der Waals surface area contributed by atoms with Crippen LogP contribution in [0, 0.1) is 0 Å². The van der Waals surface area contributed by atoms with Crippen molar-refractivity contribution in [3.63, 3.8) is 0 Å². The van der Waals surface area contributed by atoms with Crippen LogP contribution in [-0.4, -0.2) is 77.2 Å². The monoisotopic (exact) mass is 585 g/mol. The van der Waals surface area contributed by atoms with Gasteiger partial charge in [-0.2, -0.15) is 8.62 Å². The molecular formula is C12H22N5O12P3S2. The molecule has 0 aromatic carbocycles. The number of fused-ring (bicyclic) bond motifs is 1. The first kappa shape index (κ1) is 29.6. The van der Waals surface area contributed by atoms with Gasteiger partial charge in [0.05, 0.1) is 19.5 Å². The molecule has 0 radical (unpaired) electrons. The van der Waals surface area contributed by atoms with E-state index >= 15 is 0 Å². The highest BCUT2D eigenvalue weighted by molar-refractivity contribution is 8.76. The maximum atomic E-state index is 12.0. The number of methoxy groups -OCH3 is 1. The SMILES string of the molecule is CO[C@H](COP(=O)(O)OP(=O)(O)OP(=O)(O)O)[C@H](Cn1cnc2c(N)ncnc21)OCSSC. The summed E-state index contributed by atoms with van der Waals surface area (Å²) < 4.78 is 59.0. The molecule has 34 heavy (non-hydrogen) atoms. The Labute approximate surface area is 200 Å². The van der Waals surface area contributed by atoms with Crippen LogP contribution in [0.4, 0.5) is 5.82 Å². The number of imidazole rings is 1. The summed E-state index contributed by atoms with van der Waals surface area (Å²) in [5.74, 6) is 0.347. The Morgan fingerprint density at radius 3 is 2.41 bits per heavy atom. The molecule has 0 aliphatic heterocycles. The second kappa shape index (κ2) is 12.6. The number of phosphoric acid groups is 3. The van der Waals surface area contributed by atoms with Gasteiger partial charge in [0.25, 0.3) is 0 Å². The van der Waals surface area contributed by atoms with E-state index in [1.807, 2.05) is 6.26 Å². The quantitative estimate of drug-likeness (QED) is 0.0850. The third kappa shape index (κ3) is 9.44. The van der Waals surface area contributed by atoms with Crippen LogP contribution in [0.2, 0.25) is 0 Å². The minimum absolute atomic E-state index is 0.0696. The van der Waals surface area contributed by atoms with Crippen LogP contribution in [0.1, 0.15) is 0 Å². The van der Waals surface area contributed by atoms with Crippen LogP contribution in [0.15, 0.2) is 12.7 Å². The summed E-state index contributed by atoms with van der Waals surface area (Å²) in [7, 11) is -12.4. The maximum absolute atomic E-state index is 12.0. The number of anilines is 1. The Balaban J connectivity index is 2.15. The second-order valence-electron chi connectivity index (χ2n) is 6.10. The Bertz CT molecular complexity index is 1100. The van der Waals surface area contributed by atoms with Gasteiger partial charge in [0, 0.05) is 7.11 Å². The maximum Gasteiger partial charge on any atom is 0.490 e. The predicted molar refractivity (Wildman–Crippen MR) is 121 cm³/mol. The molecule has 2 rings (SSSR count). The first-order valence-electron chi connectivity index (χ1n) is 8.76. The molecule has 22 heteroatoms. The molecular weight excluding hydrogens is 563 g/mol. The Hall–Kier alpha value is -0.620. The van der Waals surface area contributed by atoms with E-state index in [-0.39, 0.29) is 18.3 Å². The van der Waals surface area contributed by atoms with Crippen LogP contribution < -0.4 is 5.73 Å². The number of hydrogen-bond donors (Lipinski definition) is 5. The topological polar surface area (TPSA) is 248 Å². The lowest BCUT2D eigenvalue weighted by atomic mass is 10.2. The van der Waals surface area contributed by atoms with Gasteiger partial charge in [0.2, 0.25) is 0 Å². The molecule has 2 heterocycles. The van der Waals surface area contributed by atoms with Gasteiger partial charge in [-0.3, -0.25) is 4.52 Å². The smallest absolute Gasteiger partial charge is 0.382 e. The van der Waals surface area contributed by atoms with Crippen molar-refractivity contribution in [3.05, 3.63) is 12.7 Å². The number of rotatable bonds is 15. The number of nitrogens with two attached hydrogens (primary N) is 1. The average Bonchev–Trinajstić information content (AvgIpc) is 3.09. The summed E-state index contributed by atoms with van der Waals surface area (Å²) in [6.45, 7) is -0.626. The van der Waals surface area contributed by atoms with Crippen LogP contribution in [0.3, 0.4) is 0 Å². The summed E-state index contributed by atoms with van der Waals surface area (Å²) >= 11 is 0. The Kier molecular flexibility index (Phi) is 10.9. The van der Waals surface area contributed by atoms with Gasteiger partial charge >= 0.3 is 23.5 Å². The van der Waals surface area contributed by atoms with E-state index in [4.69, 9.17) is 25.0 Å². The van der Waals surface area contributed by atoms with E-state index in [1.165, 1.54) is 41.4 Å². The summed E-state index contributed by atoms with van der Waals surface area (Å²) in [5, 5.41) is 0. The zero-order chi connectivity index (χ0) is 25.6. The molecule has 17 nitrogen and oxygen atoms in total. The fourth-order valence-corrected chi connectivity index (χ4v) is 6.28. The highest BCUT2D eigenvalue weighted by Gasteiger charge is 2.41. The molecule has 0 aliphatic rings. The van der Waals surface area contributed by atoms with Crippen molar-refractivity contribution in [1.29, 1.82) is 0 Å². The Morgan fingerprint density at radius 2 is 1.79 bits per heavy atom. The number of ether oxygens (including phenoxy) is 2. The summed E-state index contributed by atoms with van der Waals surface area (Å²) in [5.41, 5.74) is 6.52. The molecule has 2 aromatic rings. The number of nitrogens with zero attached hydrogens (tertiary/aromatic N) is 4. The van der Waals surface area contributed by atoms with Crippen molar-refractivity contribution in [1.82, 2.24) is 19.5 Å². The lowest BCUT2D eigenvalue weighted by Gasteiger charge is -2.27. The van der Waals surface area contributed by atoms with E-state index in [0.717, 1.165) is 0 Å². The van der Waals surface area contributed by atoms with Crippen LogP contribution in [0.5, 0.6) is 0 Å². The highest BCUT2D eigenvalue weighted by Crippen LogP contribution is 2.66. The lowest BCUT2D eigenvalue weighted by Crippen LogP contribution is -2.38. The van der Waals surface area contributed by atoms with Gasteiger partial charge in [-0.15, -0.1) is 0 Å². The molecule has 2 unspecified atom stereocenters. The molecule has 0 spiro atoms. The minimum Gasteiger partial charge on any atom is -0.382 e. The van der Waals surface area contributed by atoms with Crippen LogP contribution in [-0.2, 0) is 42.9 Å². The van der Waals surface area contributed by atoms with Crippen molar-refractivity contribution in [2.75, 3.05) is 31.6 Å². The summed E-state index contributed by atoms with van der Waals surface area (Å²) in [6.07, 6.45) is 2.64. The molecule has 0 aliphatic carbocycles. The normalized spacial score (nSPS) is 17.8. The largest absolute Gasteiger partial charge is 0.490 e. The van der Waals surface area contributed by atoms with Crippen LogP contribution >= 0.6 is 45.1 Å². The van der Waals surface area contributed by atoms with Gasteiger partial charge < -0.3 is 39.3 Å². The number of aromatic nitrogens is 4. The van der Waals surface area contributed by atoms with E-state index in [0.29, 0.717) is 11.2 Å². The number of phosphoric ester groups is 1. The standard InChI is InChI=1S/C12H22N5O12P3S2/c1-25-9(4-27-31(21,22)29-32(23,24)28-30(18,19)20)8(26-7-34-33-2)3-17-6-16-10-11(13)14-5-15-12(10)17/h5-6,8-9H,3-4,7H2,1-2H3,(H,21,22)(H,23,24)(H2,13,14,15)(H2,18,19,20)/t8-,9+/m0/s1. The van der Waals surface area contributed by atoms with Crippen molar-refractivity contribution < 1.29 is 55.9 Å². The summed E-state index contributed by atoms with van der Waals surface area (Å²) in [6, 6.07) is 0. The molecule has 194 valence electrons. The Morgan fingerprint density at radius 1 is 1.09 bits per heavy atom. The van der Waals surface area contributed by atoms with Gasteiger partial charge in [0.15, 0.2) is 11.5 Å². The molecule has 0 fully saturated rings. The lowest BCUT2D eigenvalue weighted by molar-refractivity contribution is -0.0684. The van der Waals surface area contributed by atoms with E-state index < -0.39 is 42.3 Å². The van der Waals surface area contributed by atoms with Gasteiger partial charge in [-0.05, 0) is 6.26 Å². The zero-order valence-electron chi connectivity index (χ0n) is 17.5. The molecule has 0 amide bonds. The molecule has 0 saturated carbocycles. The highest BCUT2D eigenvalue weighted by atomic mass is 33.1. The average molecular weight is 585 g/mol. The molecule has 6 N–H and O–H groups in total. The summed E-state index contributed by atoms with van der Waals surface area (Å²) in [4.78, 5) is 48.3. The number of nitrogen functional groups attached to an aromatic ring is 1. The van der Waals surface area contributed by atoms with E-state index in [9.17, 15) is 23.5 Å². The molecule has 0 saturated heterocycles. The van der Waals surface area contributed by atoms with Crippen molar-refractivity contribution in [3.8, 4) is 0 Å². The molecule has 4 atom stereocenters. The predicted octanol–water partition coefficient (Wildman–Crippen LogP) is 1.12. The number of hydrogen-bond acceptors (Lipinski definition) is 14. The minimum atomic E-state index is -5.65. The van der Waals surface area contributed by atoms with Crippen molar-refractivity contribution >= 4 is 62.0 Å². The fraction of sp³-hybridized carbons (Fsp3) is 0.583. The van der Waals surface area contributed by atoms with Crippen molar-refractivity contribution in [2.24, 2.45) is 0 Å².